The van der Waals surface area contributed by atoms with E-state index in [-0.39, 0.29) is 18.3 Å². The molecule has 0 aliphatic carbocycles. The van der Waals surface area contributed by atoms with Crippen molar-refractivity contribution in [3.8, 4) is 0 Å². The first kappa shape index (κ1) is 17.8. The Morgan fingerprint density at radius 3 is 2.54 bits per heavy atom. The average molecular weight is 352 g/mol. The van der Waals surface area contributed by atoms with E-state index in [0.717, 1.165) is 30.0 Å². The maximum absolute atomic E-state index is 6.25. The summed E-state index contributed by atoms with van der Waals surface area (Å²) in [7, 11) is -0.335. The van der Waals surface area contributed by atoms with Gasteiger partial charge in [-0.2, -0.15) is 0 Å². The van der Waals surface area contributed by atoms with Crippen LogP contribution in [0, 0.1) is 5.92 Å². The molecule has 0 saturated carbocycles. The molecule has 0 radical (unpaired) electrons. The van der Waals surface area contributed by atoms with E-state index in [4.69, 9.17) is 9.31 Å². The number of nitrogens with zero attached hydrogens (tertiary/aromatic N) is 2. The zero-order valence-electron chi connectivity index (χ0n) is 16.6. The molecular formula is C21H29BN2O2. The Balaban J connectivity index is 1.72. The third kappa shape index (κ3) is 3.01. The van der Waals surface area contributed by atoms with Crippen LogP contribution in [0.2, 0.25) is 0 Å². The molecule has 4 nitrogen and oxygen atoms in total. The van der Waals surface area contributed by atoms with Gasteiger partial charge in [0.05, 0.1) is 16.7 Å². The minimum absolute atomic E-state index is 0.327. The van der Waals surface area contributed by atoms with Gasteiger partial charge in [-0.15, -0.1) is 0 Å². The van der Waals surface area contributed by atoms with Crippen LogP contribution in [-0.4, -0.2) is 36.4 Å². The maximum atomic E-state index is 6.25. The van der Waals surface area contributed by atoms with E-state index in [1.54, 1.807) is 0 Å². The predicted molar refractivity (Wildman–Crippen MR) is 108 cm³/mol. The van der Waals surface area contributed by atoms with Crippen LogP contribution in [0.5, 0.6) is 0 Å². The van der Waals surface area contributed by atoms with Gasteiger partial charge in [0.1, 0.15) is 0 Å². The molecule has 0 amide bonds. The van der Waals surface area contributed by atoms with E-state index in [1.807, 2.05) is 6.20 Å². The van der Waals surface area contributed by atoms with Gasteiger partial charge in [-0.05, 0) is 64.1 Å². The van der Waals surface area contributed by atoms with Gasteiger partial charge in [-0.3, -0.25) is 4.98 Å². The summed E-state index contributed by atoms with van der Waals surface area (Å²) in [5.41, 5.74) is 2.72. The molecule has 2 fully saturated rings. The van der Waals surface area contributed by atoms with Crippen LogP contribution in [0.4, 0.5) is 5.69 Å². The van der Waals surface area contributed by atoms with Gasteiger partial charge >= 0.3 is 7.12 Å². The lowest BCUT2D eigenvalue weighted by atomic mass is 9.78. The first-order valence-electron chi connectivity index (χ1n) is 9.76. The van der Waals surface area contributed by atoms with E-state index in [0.29, 0.717) is 0 Å². The second-order valence-corrected chi connectivity index (χ2v) is 8.89. The van der Waals surface area contributed by atoms with E-state index >= 15 is 0 Å². The average Bonchev–Trinajstić information content (AvgIpc) is 2.81. The zero-order valence-corrected chi connectivity index (χ0v) is 16.6. The van der Waals surface area contributed by atoms with E-state index in [2.05, 4.69) is 68.8 Å². The summed E-state index contributed by atoms with van der Waals surface area (Å²) < 4.78 is 12.5. The van der Waals surface area contributed by atoms with Crippen molar-refractivity contribution in [2.45, 2.75) is 58.7 Å². The zero-order chi connectivity index (χ0) is 18.5. The van der Waals surface area contributed by atoms with Gasteiger partial charge in [-0.1, -0.05) is 19.1 Å². The molecule has 1 aromatic heterocycles. The Hall–Kier alpha value is -1.59. The van der Waals surface area contributed by atoms with Crippen molar-refractivity contribution in [1.29, 1.82) is 0 Å². The van der Waals surface area contributed by atoms with Crippen molar-refractivity contribution in [1.82, 2.24) is 4.98 Å². The molecule has 0 N–H and O–H groups in total. The highest BCUT2D eigenvalue weighted by Gasteiger charge is 2.51. The van der Waals surface area contributed by atoms with Gasteiger partial charge in [0, 0.05) is 30.4 Å². The molecule has 2 aliphatic heterocycles. The Labute approximate surface area is 157 Å². The summed E-state index contributed by atoms with van der Waals surface area (Å²) in [5, 5.41) is 1.19. The molecule has 138 valence electrons. The molecule has 1 atom stereocenters. The summed E-state index contributed by atoms with van der Waals surface area (Å²) in [4.78, 5) is 7.08. The quantitative estimate of drug-likeness (QED) is 0.771. The molecule has 0 spiro atoms. The standard InChI is InChI=1S/C21H29BN2O2/c1-15-7-6-12-24(14-15)19-10-11-23-18-9-8-16(13-17(18)19)22-25-20(2,3)21(4,5)26-22/h8-11,13,15H,6-7,12,14H2,1-5H3. The van der Waals surface area contributed by atoms with Crippen molar-refractivity contribution in [2.75, 3.05) is 18.0 Å². The van der Waals surface area contributed by atoms with E-state index < -0.39 is 0 Å². The number of fused-ring (bicyclic) bond motifs is 1. The first-order valence-corrected chi connectivity index (χ1v) is 9.76. The smallest absolute Gasteiger partial charge is 0.399 e. The molecule has 1 aromatic carbocycles. The molecule has 1 unspecified atom stereocenters. The Morgan fingerprint density at radius 1 is 1.12 bits per heavy atom. The lowest BCUT2D eigenvalue weighted by Crippen LogP contribution is -2.41. The third-order valence-electron chi connectivity index (χ3n) is 6.27. The number of rotatable bonds is 2. The van der Waals surface area contributed by atoms with Gasteiger partial charge in [-0.25, -0.2) is 0 Å². The van der Waals surface area contributed by atoms with Gasteiger partial charge in [0.15, 0.2) is 0 Å². The van der Waals surface area contributed by atoms with Crippen LogP contribution in [0.15, 0.2) is 30.5 Å². The lowest BCUT2D eigenvalue weighted by molar-refractivity contribution is 0.00578. The number of anilines is 1. The maximum Gasteiger partial charge on any atom is 0.494 e. The summed E-state index contributed by atoms with van der Waals surface area (Å²) in [6.07, 6.45) is 4.49. The van der Waals surface area contributed by atoms with Crippen molar-refractivity contribution in [3.05, 3.63) is 30.5 Å². The largest absolute Gasteiger partial charge is 0.494 e. The van der Waals surface area contributed by atoms with Crippen LogP contribution in [-0.2, 0) is 9.31 Å². The van der Waals surface area contributed by atoms with E-state index in [1.165, 1.54) is 23.9 Å². The number of piperidine rings is 1. The topological polar surface area (TPSA) is 34.6 Å². The van der Waals surface area contributed by atoms with E-state index in [9.17, 15) is 0 Å². The Bertz CT molecular complexity index is 805. The molecule has 0 bridgehead atoms. The molecule has 2 aromatic rings. The van der Waals surface area contributed by atoms with Crippen LogP contribution in [0.1, 0.15) is 47.5 Å². The fraction of sp³-hybridized carbons (Fsp3) is 0.571. The second-order valence-electron chi connectivity index (χ2n) is 8.89. The highest BCUT2D eigenvalue weighted by atomic mass is 16.7. The number of hydrogen-bond acceptors (Lipinski definition) is 4. The predicted octanol–water partition coefficient (Wildman–Crippen LogP) is 3.77. The molecule has 4 rings (SSSR count). The first-order chi connectivity index (χ1) is 12.3. The van der Waals surface area contributed by atoms with Gasteiger partial charge < -0.3 is 14.2 Å². The normalized spacial score (nSPS) is 25.0. The van der Waals surface area contributed by atoms with Crippen LogP contribution < -0.4 is 10.4 Å². The summed E-state index contributed by atoms with van der Waals surface area (Å²) in [5.74, 6) is 0.734. The van der Waals surface area contributed by atoms with Crippen molar-refractivity contribution in [2.24, 2.45) is 5.92 Å². The van der Waals surface area contributed by atoms with Crippen LogP contribution in [0.3, 0.4) is 0 Å². The molecule has 2 aliphatic rings. The summed E-state index contributed by atoms with van der Waals surface area (Å²) in [6, 6.07) is 8.53. The second kappa shape index (κ2) is 6.24. The molecule has 2 saturated heterocycles. The number of pyridine rings is 1. The van der Waals surface area contributed by atoms with Crippen LogP contribution in [0.25, 0.3) is 10.9 Å². The van der Waals surface area contributed by atoms with Crippen molar-refractivity contribution in [3.63, 3.8) is 0 Å². The van der Waals surface area contributed by atoms with Crippen molar-refractivity contribution >= 4 is 29.2 Å². The fourth-order valence-electron chi connectivity index (χ4n) is 3.96. The highest BCUT2D eigenvalue weighted by molar-refractivity contribution is 6.62. The lowest BCUT2D eigenvalue weighted by Gasteiger charge is -2.33. The number of benzene rings is 1. The van der Waals surface area contributed by atoms with Gasteiger partial charge in [0.25, 0.3) is 0 Å². The van der Waals surface area contributed by atoms with Crippen LogP contribution >= 0.6 is 0 Å². The summed E-state index contributed by atoms with van der Waals surface area (Å²) in [6.45, 7) is 12.9. The third-order valence-corrected chi connectivity index (χ3v) is 6.27. The Kier molecular flexibility index (Phi) is 4.28. The highest BCUT2D eigenvalue weighted by Crippen LogP contribution is 2.37. The minimum Gasteiger partial charge on any atom is -0.399 e. The van der Waals surface area contributed by atoms with Crippen molar-refractivity contribution < 1.29 is 9.31 Å². The summed E-state index contributed by atoms with van der Waals surface area (Å²) >= 11 is 0. The molecular weight excluding hydrogens is 323 g/mol. The minimum atomic E-state index is -0.335. The fourth-order valence-corrected chi connectivity index (χ4v) is 3.96. The number of aromatic nitrogens is 1. The molecule has 3 heterocycles. The van der Waals surface area contributed by atoms with Gasteiger partial charge in [0.2, 0.25) is 0 Å². The monoisotopic (exact) mass is 352 g/mol. The Morgan fingerprint density at radius 2 is 1.85 bits per heavy atom. The molecule has 26 heavy (non-hydrogen) atoms. The number of hydrogen-bond donors (Lipinski definition) is 0. The SMILES string of the molecule is CC1CCCN(c2ccnc3ccc(B4OC(C)(C)C(C)(C)O4)cc23)C1. The molecule has 5 heteroatoms.